The van der Waals surface area contributed by atoms with E-state index in [1.54, 1.807) is 11.2 Å². The van der Waals surface area contributed by atoms with E-state index in [9.17, 15) is 18.0 Å². The van der Waals surface area contributed by atoms with E-state index in [4.69, 9.17) is 9.52 Å². The van der Waals surface area contributed by atoms with Gasteiger partial charge < -0.3 is 14.3 Å². The lowest BCUT2D eigenvalue weighted by atomic mass is 9.99. The molecule has 1 unspecified atom stereocenters. The zero-order valence-electron chi connectivity index (χ0n) is 19.1. The van der Waals surface area contributed by atoms with Crippen LogP contribution in [-0.2, 0) is 12.7 Å². The number of nitrogens with one attached hydrogen (secondary N) is 1. The van der Waals surface area contributed by atoms with Gasteiger partial charge in [0.05, 0.1) is 35.0 Å². The monoisotopic (exact) mass is 509 g/mol. The number of H-pyrrole nitrogens is 1. The minimum atomic E-state index is -4.69. The van der Waals surface area contributed by atoms with Crippen molar-refractivity contribution in [1.82, 2.24) is 44.5 Å². The highest BCUT2D eigenvalue weighted by atomic mass is 19.4. The van der Waals surface area contributed by atoms with Crippen molar-refractivity contribution in [2.75, 3.05) is 6.54 Å². The lowest BCUT2D eigenvalue weighted by molar-refractivity contribution is -0.212. The number of hydrogen-bond donors (Lipinski definition) is 1. The molecular weight excluding hydrogens is 491 g/mol. The molecule has 0 saturated heterocycles. The zero-order valence-corrected chi connectivity index (χ0v) is 19.1. The Bertz CT molecular complexity index is 1640. The normalized spacial score (nSPS) is 17.9. The predicted octanol–water partition coefficient (Wildman–Crippen LogP) is 3.45. The van der Waals surface area contributed by atoms with Crippen molar-refractivity contribution >= 4 is 11.4 Å². The Morgan fingerprint density at radius 1 is 1.22 bits per heavy atom. The summed E-state index contributed by atoms with van der Waals surface area (Å²) in [6.45, 7) is 0.325. The molecule has 6 heterocycles. The van der Waals surface area contributed by atoms with Gasteiger partial charge in [-0.15, -0.1) is 23.4 Å². The zero-order chi connectivity index (χ0) is 25.3. The number of hydrogen-bond acceptors (Lipinski definition) is 7. The number of amides is 1. The molecule has 37 heavy (non-hydrogen) atoms. The molecule has 7 rings (SSSR count). The van der Waals surface area contributed by atoms with Gasteiger partial charge in [-0.1, -0.05) is 6.07 Å². The summed E-state index contributed by atoms with van der Waals surface area (Å²) in [4.78, 5) is 22.7. The highest BCUT2D eigenvalue weighted by Crippen LogP contribution is 2.43. The van der Waals surface area contributed by atoms with Crippen LogP contribution in [0.2, 0.25) is 0 Å². The summed E-state index contributed by atoms with van der Waals surface area (Å²) >= 11 is 0. The van der Waals surface area contributed by atoms with Crippen molar-refractivity contribution in [2.45, 2.75) is 37.5 Å². The number of pyridine rings is 1. The van der Waals surface area contributed by atoms with Crippen LogP contribution in [0.1, 0.15) is 58.1 Å². The van der Waals surface area contributed by atoms with Gasteiger partial charge in [0.15, 0.2) is 0 Å². The molecule has 1 amide bonds. The number of nitrogens with zero attached hydrogens (tertiary/aromatic N) is 8. The molecule has 11 nitrogen and oxygen atoms in total. The SMILES string of the molecule is O=C(c1nnc(-c2cnn(C(F)(F)F)c2)o1)N1CCc2[nH]cnc2C1c1cc2c(C3CC3)cccn2n1. The standard InChI is InChI=1S/C23H18F3N9O2/c24-23(25,26)35-10-13(9-29-35)20-30-31-21(37-20)22(36)33-7-5-15-18(28-11-27-15)19(33)16-8-17-14(12-3-4-12)2-1-6-34(17)32-16/h1-2,6,8-12,19H,3-5,7H2,(H,27,28). The lowest BCUT2D eigenvalue weighted by Crippen LogP contribution is -2.41. The van der Waals surface area contributed by atoms with Gasteiger partial charge in [-0.3, -0.25) is 4.79 Å². The van der Waals surface area contributed by atoms with Gasteiger partial charge in [-0.05, 0) is 36.5 Å². The van der Waals surface area contributed by atoms with Crippen molar-refractivity contribution in [3.63, 3.8) is 0 Å². The van der Waals surface area contributed by atoms with Crippen LogP contribution in [0.25, 0.3) is 17.0 Å². The number of fused-ring (bicyclic) bond motifs is 2. The van der Waals surface area contributed by atoms with Gasteiger partial charge in [0.2, 0.25) is 0 Å². The maximum absolute atomic E-state index is 13.6. The van der Waals surface area contributed by atoms with Crippen LogP contribution in [0, 0.1) is 0 Å². The first-order valence-corrected chi connectivity index (χ1v) is 11.6. The predicted molar refractivity (Wildman–Crippen MR) is 119 cm³/mol. The molecule has 1 saturated carbocycles. The third-order valence-electron chi connectivity index (χ3n) is 6.73. The molecule has 2 aliphatic rings. The Balaban J connectivity index is 1.25. The summed E-state index contributed by atoms with van der Waals surface area (Å²) in [5.41, 5.74) is 4.36. The van der Waals surface area contributed by atoms with Gasteiger partial charge in [0, 0.05) is 31.1 Å². The van der Waals surface area contributed by atoms with Gasteiger partial charge in [-0.2, -0.15) is 14.9 Å². The molecule has 5 aromatic rings. The number of rotatable bonds is 4. The van der Waals surface area contributed by atoms with E-state index in [0.29, 0.717) is 30.3 Å². The fourth-order valence-electron chi connectivity index (χ4n) is 4.85. The van der Waals surface area contributed by atoms with Gasteiger partial charge >= 0.3 is 18.1 Å². The van der Waals surface area contributed by atoms with E-state index in [-0.39, 0.29) is 22.0 Å². The summed E-state index contributed by atoms with van der Waals surface area (Å²) in [7, 11) is 0. The van der Waals surface area contributed by atoms with E-state index in [1.165, 1.54) is 5.56 Å². The maximum atomic E-state index is 13.6. The molecular formula is C23H18F3N9O2. The molecule has 1 atom stereocenters. The molecule has 0 aromatic carbocycles. The van der Waals surface area contributed by atoms with Gasteiger partial charge in [0.25, 0.3) is 5.89 Å². The van der Waals surface area contributed by atoms with E-state index in [1.807, 2.05) is 22.8 Å². The smallest absolute Gasteiger partial charge is 0.412 e. The number of carbonyl (C=O) groups excluding carboxylic acids is 1. The maximum Gasteiger partial charge on any atom is 0.504 e. The van der Waals surface area contributed by atoms with Crippen LogP contribution in [0.15, 0.2) is 47.5 Å². The van der Waals surface area contributed by atoms with E-state index in [0.717, 1.165) is 36.4 Å². The Kier molecular flexibility index (Phi) is 4.56. The molecule has 5 aromatic heterocycles. The van der Waals surface area contributed by atoms with Crippen molar-refractivity contribution in [1.29, 1.82) is 0 Å². The first-order valence-electron chi connectivity index (χ1n) is 11.6. The molecule has 188 valence electrons. The molecule has 1 fully saturated rings. The van der Waals surface area contributed by atoms with Crippen LogP contribution in [-0.4, -0.2) is 56.9 Å². The second-order valence-electron chi connectivity index (χ2n) is 9.11. The number of aromatic nitrogens is 8. The third-order valence-corrected chi connectivity index (χ3v) is 6.73. The highest BCUT2D eigenvalue weighted by molar-refractivity contribution is 5.90. The van der Waals surface area contributed by atoms with Crippen molar-refractivity contribution in [3.8, 4) is 11.5 Å². The van der Waals surface area contributed by atoms with Crippen molar-refractivity contribution in [2.24, 2.45) is 0 Å². The van der Waals surface area contributed by atoms with Crippen LogP contribution in [0.3, 0.4) is 0 Å². The number of carbonyl (C=O) groups is 1. The van der Waals surface area contributed by atoms with Crippen LogP contribution < -0.4 is 0 Å². The van der Waals surface area contributed by atoms with Gasteiger partial charge in [-0.25, -0.2) is 9.50 Å². The van der Waals surface area contributed by atoms with E-state index in [2.05, 4.69) is 31.3 Å². The Morgan fingerprint density at radius 3 is 2.86 bits per heavy atom. The molecule has 0 spiro atoms. The first-order chi connectivity index (χ1) is 17.9. The number of halogens is 3. The quantitative estimate of drug-likeness (QED) is 0.394. The fraction of sp³-hybridized carbons (Fsp3) is 0.304. The molecule has 1 aliphatic carbocycles. The van der Waals surface area contributed by atoms with E-state index < -0.39 is 18.2 Å². The Labute approximate surface area is 205 Å². The summed E-state index contributed by atoms with van der Waals surface area (Å²) in [6, 6.07) is 5.43. The average Bonchev–Trinajstić information content (AvgIpc) is 3.33. The van der Waals surface area contributed by atoms with Gasteiger partial charge in [0.1, 0.15) is 6.04 Å². The number of alkyl halides is 3. The summed E-state index contributed by atoms with van der Waals surface area (Å²) in [6.07, 6.45) is 3.23. The first kappa shape index (κ1) is 21.8. The van der Waals surface area contributed by atoms with Crippen LogP contribution in [0.4, 0.5) is 13.2 Å². The molecule has 0 bridgehead atoms. The molecule has 1 N–H and O–H groups in total. The average molecular weight is 509 g/mol. The second-order valence-corrected chi connectivity index (χ2v) is 9.11. The topological polar surface area (TPSA) is 123 Å². The van der Waals surface area contributed by atoms with E-state index >= 15 is 0 Å². The number of aromatic amines is 1. The Hall–Kier alpha value is -4.49. The molecule has 0 radical (unpaired) electrons. The lowest BCUT2D eigenvalue weighted by Gasteiger charge is -2.32. The second kappa shape index (κ2) is 7.75. The summed E-state index contributed by atoms with van der Waals surface area (Å²) in [5.74, 6) is -0.646. The van der Waals surface area contributed by atoms with Crippen LogP contribution >= 0.6 is 0 Å². The molecule has 1 aliphatic heterocycles. The van der Waals surface area contributed by atoms with Crippen molar-refractivity contribution in [3.05, 3.63) is 71.7 Å². The number of imidazole rings is 1. The third kappa shape index (κ3) is 3.58. The minimum Gasteiger partial charge on any atom is -0.412 e. The minimum absolute atomic E-state index is 0.0541. The highest BCUT2D eigenvalue weighted by Gasteiger charge is 2.39. The fourth-order valence-corrected chi connectivity index (χ4v) is 4.85. The van der Waals surface area contributed by atoms with Crippen molar-refractivity contribution < 1.29 is 22.4 Å². The largest absolute Gasteiger partial charge is 0.504 e. The Morgan fingerprint density at radius 2 is 2.08 bits per heavy atom. The molecule has 14 heteroatoms. The summed E-state index contributed by atoms with van der Waals surface area (Å²) < 4.78 is 45.8. The van der Waals surface area contributed by atoms with Crippen LogP contribution in [0.5, 0.6) is 0 Å². The summed E-state index contributed by atoms with van der Waals surface area (Å²) in [5, 5.41) is 15.6.